The number of rotatable bonds is 6. The van der Waals surface area contributed by atoms with E-state index in [1.54, 1.807) is 11.3 Å². The molecule has 0 saturated carbocycles. The maximum Gasteiger partial charge on any atom is 0.341 e. The largest absolute Gasteiger partial charge is 0.341 e. The summed E-state index contributed by atoms with van der Waals surface area (Å²) in [6.07, 6.45) is 0. The third kappa shape index (κ3) is 3.60. The Labute approximate surface area is 151 Å². The topological polar surface area (TPSA) is 64.8 Å². The quantitative estimate of drug-likeness (QED) is 0.620. The summed E-state index contributed by atoms with van der Waals surface area (Å²) in [7, 11) is -4.58. The summed E-state index contributed by atoms with van der Waals surface area (Å²) in [5.74, 6) is -2.67. The van der Waals surface area contributed by atoms with Crippen molar-refractivity contribution >= 4 is 32.9 Å². The molecule has 0 aliphatic heterocycles. The number of alkyl halides is 2. The molecule has 0 atom stereocenters. The van der Waals surface area contributed by atoms with Gasteiger partial charge in [-0.3, -0.25) is 0 Å². The molecule has 0 fully saturated rings. The second-order valence-electron chi connectivity index (χ2n) is 4.91. The van der Waals surface area contributed by atoms with Crippen LogP contribution in [-0.2, 0) is 16.4 Å². The molecule has 2 heterocycles. The van der Waals surface area contributed by atoms with Crippen LogP contribution in [0.25, 0.3) is 10.7 Å². The number of hydrogen-bond donors (Lipinski definition) is 0. The molecule has 0 aliphatic rings. The van der Waals surface area contributed by atoms with Gasteiger partial charge in [-0.15, -0.1) is 21.5 Å². The summed E-state index contributed by atoms with van der Waals surface area (Å²) in [5.41, 5.74) is 0. The first-order valence-electron chi connectivity index (χ1n) is 7.20. The first kappa shape index (κ1) is 18.0. The zero-order chi connectivity index (χ0) is 18.0. The molecule has 10 heteroatoms. The number of sulfone groups is 1. The van der Waals surface area contributed by atoms with E-state index in [9.17, 15) is 17.2 Å². The SMILES string of the molecule is CCn1c(Sc2ccc(S(=O)(=O)C(F)F)cc2)nnc1-c1cccs1. The van der Waals surface area contributed by atoms with E-state index < -0.39 is 20.5 Å². The van der Waals surface area contributed by atoms with Gasteiger partial charge in [0.05, 0.1) is 9.77 Å². The number of hydrogen-bond acceptors (Lipinski definition) is 6. The Morgan fingerprint density at radius 1 is 1.20 bits per heavy atom. The van der Waals surface area contributed by atoms with Crippen LogP contribution in [0.15, 0.2) is 56.7 Å². The normalized spacial score (nSPS) is 12.0. The van der Waals surface area contributed by atoms with E-state index in [-0.39, 0.29) is 0 Å². The van der Waals surface area contributed by atoms with Crippen molar-refractivity contribution in [3.63, 3.8) is 0 Å². The Kier molecular flexibility index (Phi) is 5.21. The molecule has 2 aromatic heterocycles. The van der Waals surface area contributed by atoms with Gasteiger partial charge < -0.3 is 4.57 Å². The van der Waals surface area contributed by atoms with E-state index in [1.807, 2.05) is 29.0 Å². The Bertz CT molecular complexity index is 953. The number of benzene rings is 1. The molecule has 0 amide bonds. The summed E-state index contributed by atoms with van der Waals surface area (Å²) in [6.45, 7) is 2.64. The Hall–Kier alpha value is -1.78. The van der Waals surface area contributed by atoms with Crippen LogP contribution < -0.4 is 0 Å². The molecule has 25 heavy (non-hydrogen) atoms. The molecule has 0 radical (unpaired) electrons. The van der Waals surface area contributed by atoms with Crippen molar-refractivity contribution in [3.05, 3.63) is 41.8 Å². The van der Waals surface area contributed by atoms with E-state index in [1.165, 1.54) is 36.0 Å². The van der Waals surface area contributed by atoms with Crippen LogP contribution >= 0.6 is 23.1 Å². The fourth-order valence-electron chi connectivity index (χ4n) is 2.14. The van der Waals surface area contributed by atoms with Crippen molar-refractivity contribution in [3.8, 4) is 10.7 Å². The third-order valence-corrected chi connectivity index (χ3v) is 6.63. The van der Waals surface area contributed by atoms with Crippen LogP contribution in [0, 0.1) is 0 Å². The van der Waals surface area contributed by atoms with Gasteiger partial charge in [0.2, 0.25) is 9.84 Å². The summed E-state index contributed by atoms with van der Waals surface area (Å²) in [5, 5.41) is 11.0. The molecular formula is C15H13F2N3O2S3. The lowest BCUT2D eigenvalue weighted by Gasteiger charge is -2.07. The van der Waals surface area contributed by atoms with Crippen molar-refractivity contribution < 1.29 is 17.2 Å². The molecule has 132 valence electrons. The lowest BCUT2D eigenvalue weighted by molar-refractivity contribution is 0.234. The molecule has 0 aliphatic carbocycles. The highest BCUT2D eigenvalue weighted by molar-refractivity contribution is 7.99. The molecule has 3 aromatic rings. The summed E-state index contributed by atoms with van der Waals surface area (Å²) < 4.78 is 50.0. The molecule has 0 N–H and O–H groups in total. The van der Waals surface area contributed by atoms with Gasteiger partial charge in [-0.2, -0.15) is 8.78 Å². The first-order valence-corrected chi connectivity index (χ1v) is 10.4. The number of aromatic nitrogens is 3. The van der Waals surface area contributed by atoms with Crippen LogP contribution in [0.2, 0.25) is 0 Å². The van der Waals surface area contributed by atoms with Gasteiger partial charge in [0, 0.05) is 11.4 Å². The van der Waals surface area contributed by atoms with Crippen LogP contribution in [-0.4, -0.2) is 28.9 Å². The van der Waals surface area contributed by atoms with E-state index in [4.69, 9.17) is 0 Å². The predicted molar refractivity (Wildman–Crippen MR) is 92.8 cm³/mol. The summed E-state index contributed by atoms with van der Waals surface area (Å²) in [6, 6.07) is 9.22. The minimum Gasteiger partial charge on any atom is -0.301 e. The van der Waals surface area contributed by atoms with Gasteiger partial charge in [-0.05, 0) is 54.4 Å². The molecule has 0 unspecified atom stereocenters. The van der Waals surface area contributed by atoms with Gasteiger partial charge in [0.1, 0.15) is 0 Å². The van der Waals surface area contributed by atoms with Crippen LogP contribution in [0.1, 0.15) is 6.92 Å². The van der Waals surface area contributed by atoms with Crippen molar-refractivity contribution in [1.82, 2.24) is 14.8 Å². The van der Waals surface area contributed by atoms with E-state index in [2.05, 4.69) is 10.2 Å². The number of halogens is 2. The Balaban J connectivity index is 1.86. The maximum absolute atomic E-state index is 12.6. The fraction of sp³-hybridized carbons (Fsp3) is 0.200. The van der Waals surface area contributed by atoms with Crippen molar-refractivity contribution in [2.24, 2.45) is 0 Å². The highest BCUT2D eigenvalue weighted by Gasteiger charge is 2.26. The summed E-state index contributed by atoms with van der Waals surface area (Å²) >= 11 is 2.86. The molecule has 1 aromatic carbocycles. The average molecular weight is 401 g/mol. The smallest absolute Gasteiger partial charge is 0.301 e. The monoisotopic (exact) mass is 401 g/mol. The minimum atomic E-state index is -4.58. The molecule has 5 nitrogen and oxygen atoms in total. The second-order valence-corrected chi connectivity index (χ2v) is 8.81. The average Bonchev–Trinajstić information content (AvgIpc) is 3.24. The van der Waals surface area contributed by atoms with E-state index >= 15 is 0 Å². The zero-order valence-electron chi connectivity index (χ0n) is 13.0. The number of thiophene rings is 1. The van der Waals surface area contributed by atoms with Crippen molar-refractivity contribution in [2.75, 3.05) is 0 Å². The molecule has 0 bridgehead atoms. The number of nitrogens with zero attached hydrogens (tertiary/aromatic N) is 3. The van der Waals surface area contributed by atoms with Crippen LogP contribution in [0.4, 0.5) is 8.78 Å². The van der Waals surface area contributed by atoms with Gasteiger partial charge >= 0.3 is 5.76 Å². The van der Waals surface area contributed by atoms with Gasteiger partial charge in [-0.25, -0.2) is 8.42 Å². The standard InChI is InChI=1S/C15H13F2N3O2S3/c1-2-20-13(12-4-3-9-23-12)18-19-15(20)24-10-5-7-11(8-6-10)25(21,22)14(16)17/h3-9,14H,2H2,1H3. The van der Waals surface area contributed by atoms with E-state index in [0.29, 0.717) is 16.6 Å². The molecule has 0 saturated heterocycles. The maximum atomic E-state index is 12.6. The highest BCUT2D eigenvalue weighted by atomic mass is 32.2. The second kappa shape index (κ2) is 7.22. The molecular weight excluding hydrogens is 388 g/mol. The van der Waals surface area contributed by atoms with Crippen LogP contribution in [0.5, 0.6) is 0 Å². The fourth-order valence-corrected chi connectivity index (χ4v) is 4.47. The first-order chi connectivity index (χ1) is 11.9. The lowest BCUT2D eigenvalue weighted by Crippen LogP contribution is -2.11. The third-order valence-electron chi connectivity index (χ3n) is 3.37. The Morgan fingerprint density at radius 2 is 1.92 bits per heavy atom. The zero-order valence-corrected chi connectivity index (χ0v) is 15.4. The molecule has 0 spiro atoms. The molecule has 3 rings (SSSR count). The van der Waals surface area contributed by atoms with Gasteiger partial charge in [0.25, 0.3) is 0 Å². The highest BCUT2D eigenvalue weighted by Crippen LogP contribution is 2.32. The van der Waals surface area contributed by atoms with Gasteiger partial charge in [0.15, 0.2) is 11.0 Å². The van der Waals surface area contributed by atoms with E-state index in [0.717, 1.165) is 10.7 Å². The minimum absolute atomic E-state index is 0.400. The predicted octanol–water partition coefficient (Wildman–Crippen LogP) is 4.17. The summed E-state index contributed by atoms with van der Waals surface area (Å²) in [4.78, 5) is 1.29. The Morgan fingerprint density at radius 3 is 2.48 bits per heavy atom. The van der Waals surface area contributed by atoms with Crippen molar-refractivity contribution in [2.45, 2.75) is 34.2 Å². The van der Waals surface area contributed by atoms with Crippen molar-refractivity contribution in [1.29, 1.82) is 0 Å². The van der Waals surface area contributed by atoms with Gasteiger partial charge in [-0.1, -0.05) is 6.07 Å². The van der Waals surface area contributed by atoms with Crippen LogP contribution in [0.3, 0.4) is 0 Å². The lowest BCUT2D eigenvalue weighted by atomic mass is 10.4.